The Hall–Kier alpha value is -2.49. The summed E-state index contributed by atoms with van der Waals surface area (Å²) < 4.78 is 26.9. The highest BCUT2D eigenvalue weighted by molar-refractivity contribution is 7.99. The number of nitrogens with one attached hydrogen (secondary N) is 2. The van der Waals surface area contributed by atoms with Crippen molar-refractivity contribution in [3.05, 3.63) is 71.3 Å². The Morgan fingerprint density at radius 2 is 1.73 bits per heavy atom. The lowest BCUT2D eigenvalue weighted by atomic mass is 9.96. The molecule has 4 unspecified atom stereocenters. The molecule has 0 aliphatic carbocycles. The van der Waals surface area contributed by atoms with Crippen LogP contribution in [0.5, 0.6) is 0 Å². The first-order chi connectivity index (χ1) is 14.3. The van der Waals surface area contributed by atoms with Crippen LogP contribution in [0, 0.1) is 17.6 Å². The lowest BCUT2D eigenvalue weighted by Gasteiger charge is -2.50. The van der Waals surface area contributed by atoms with Gasteiger partial charge in [0.1, 0.15) is 11.6 Å². The van der Waals surface area contributed by atoms with Gasteiger partial charge in [0.15, 0.2) is 0 Å². The van der Waals surface area contributed by atoms with Crippen LogP contribution in [-0.4, -0.2) is 47.4 Å². The summed E-state index contributed by atoms with van der Waals surface area (Å²) in [6.45, 7) is 0. The fourth-order valence-corrected chi connectivity index (χ4v) is 5.12. The molecular weight excluding hydrogens is 410 g/mol. The number of hydrogen-bond acceptors (Lipinski definition) is 5. The second-order valence-electron chi connectivity index (χ2n) is 7.44. The molecule has 2 aromatic carbocycles. The number of benzene rings is 2. The van der Waals surface area contributed by atoms with Crippen LogP contribution in [0.1, 0.15) is 17.3 Å². The van der Waals surface area contributed by atoms with Crippen LogP contribution >= 0.6 is 11.8 Å². The first-order valence-corrected chi connectivity index (χ1v) is 10.6. The Morgan fingerprint density at radius 3 is 2.43 bits per heavy atom. The van der Waals surface area contributed by atoms with Crippen LogP contribution in [-0.2, 0) is 10.5 Å². The summed E-state index contributed by atoms with van der Waals surface area (Å²) in [5.41, 5.74) is 1.59. The quantitative estimate of drug-likeness (QED) is 0.778. The normalized spacial score (nSPS) is 26.7. The third-order valence-corrected chi connectivity index (χ3v) is 6.77. The van der Waals surface area contributed by atoms with Crippen molar-refractivity contribution < 1.29 is 18.4 Å². The Labute approximate surface area is 177 Å². The van der Waals surface area contributed by atoms with Gasteiger partial charge in [0.05, 0.1) is 23.6 Å². The van der Waals surface area contributed by atoms with Crippen LogP contribution in [0.3, 0.4) is 0 Å². The van der Waals surface area contributed by atoms with Gasteiger partial charge in [-0.25, -0.2) is 13.6 Å². The first-order valence-electron chi connectivity index (χ1n) is 9.53. The average Bonchev–Trinajstić information content (AvgIpc) is 2.74. The maximum Gasteiger partial charge on any atom is 0.327 e. The van der Waals surface area contributed by atoms with Gasteiger partial charge in [0.25, 0.3) is 0 Å². The minimum absolute atomic E-state index is 0.280. The maximum absolute atomic E-state index is 13.6. The molecule has 2 saturated heterocycles. The zero-order valence-corrected chi connectivity index (χ0v) is 17.3. The lowest BCUT2D eigenvalue weighted by molar-refractivity contribution is -0.140. The van der Waals surface area contributed by atoms with Crippen LogP contribution in [0.15, 0.2) is 48.5 Å². The van der Waals surface area contributed by atoms with Gasteiger partial charge in [-0.15, -0.1) is 11.8 Å². The van der Waals surface area contributed by atoms with E-state index >= 15 is 0 Å². The molecule has 0 radical (unpaired) electrons. The number of rotatable bonds is 4. The van der Waals surface area contributed by atoms with E-state index in [9.17, 15) is 18.4 Å². The molecule has 158 valence electrons. The number of carbonyl (C=O) groups is 2. The molecule has 2 aliphatic rings. The molecule has 4 atom stereocenters. The summed E-state index contributed by atoms with van der Waals surface area (Å²) in [5.74, 6) is -0.979. The molecule has 0 spiro atoms. The number of halogens is 2. The predicted molar refractivity (Wildman–Crippen MR) is 110 cm³/mol. The molecule has 2 aliphatic heterocycles. The van der Waals surface area contributed by atoms with Crippen molar-refractivity contribution in [2.45, 2.75) is 23.5 Å². The van der Waals surface area contributed by atoms with E-state index < -0.39 is 12.1 Å². The predicted octanol–water partition coefficient (Wildman–Crippen LogP) is 2.88. The molecule has 0 saturated carbocycles. The minimum Gasteiger partial charge on any atom is -0.311 e. The van der Waals surface area contributed by atoms with Gasteiger partial charge in [-0.05, 0) is 35.4 Å². The standard InChI is InChI=1S/C21H22F2N4O2S/c1-26-18-16(20(28)27(2)21(26)29)19(30-11-12-4-3-5-15(23)10-12)25-17(24-18)13-6-8-14(22)9-7-13/h3-10,16-19,24-25H,11H2,1-2H3. The molecule has 30 heavy (non-hydrogen) atoms. The van der Waals surface area contributed by atoms with E-state index in [1.807, 2.05) is 6.07 Å². The van der Waals surface area contributed by atoms with E-state index in [1.165, 1.54) is 48.0 Å². The Kier molecular flexibility index (Phi) is 5.77. The number of thioether (sulfide) groups is 1. The topological polar surface area (TPSA) is 64.7 Å². The van der Waals surface area contributed by atoms with E-state index in [1.54, 1.807) is 25.2 Å². The lowest BCUT2D eigenvalue weighted by Crippen LogP contribution is -2.72. The average molecular weight is 432 g/mol. The monoisotopic (exact) mass is 432 g/mol. The molecule has 9 heteroatoms. The zero-order chi connectivity index (χ0) is 21.4. The molecular formula is C21H22F2N4O2S. The van der Waals surface area contributed by atoms with Crippen LogP contribution in [0.2, 0.25) is 0 Å². The molecule has 6 nitrogen and oxygen atoms in total. The van der Waals surface area contributed by atoms with E-state index in [4.69, 9.17) is 0 Å². The van der Waals surface area contributed by atoms with Crippen LogP contribution in [0.25, 0.3) is 0 Å². The number of imide groups is 1. The van der Waals surface area contributed by atoms with E-state index in [0.29, 0.717) is 5.75 Å². The van der Waals surface area contributed by atoms with Gasteiger partial charge < -0.3 is 4.90 Å². The molecule has 2 heterocycles. The fourth-order valence-electron chi connectivity index (χ4n) is 3.86. The minimum atomic E-state index is -0.534. The zero-order valence-electron chi connectivity index (χ0n) is 16.5. The Balaban J connectivity index is 1.62. The van der Waals surface area contributed by atoms with Crippen molar-refractivity contribution in [2.24, 2.45) is 5.92 Å². The largest absolute Gasteiger partial charge is 0.327 e. The van der Waals surface area contributed by atoms with Crippen molar-refractivity contribution >= 4 is 23.7 Å². The van der Waals surface area contributed by atoms with Crippen molar-refractivity contribution in [1.82, 2.24) is 20.4 Å². The third-order valence-electron chi connectivity index (χ3n) is 5.48. The van der Waals surface area contributed by atoms with E-state index in [0.717, 1.165) is 16.0 Å². The highest BCUT2D eigenvalue weighted by atomic mass is 32.2. The SMILES string of the molecule is CN1C(=O)C2C(SCc3cccc(F)c3)NC(c3ccc(F)cc3)NC2N(C)C1=O. The summed E-state index contributed by atoms with van der Waals surface area (Å²) in [6.07, 6.45) is -0.911. The van der Waals surface area contributed by atoms with Gasteiger partial charge in [0, 0.05) is 19.8 Å². The second kappa shape index (κ2) is 8.33. The number of carbonyl (C=O) groups excluding carboxylic acids is 2. The highest BCUT2D eigenvalue weighted by Crippen LogP contribution is 2.35. The van der Waals surface area contributed by atoms with Gasteiger partial charge >= 0.3 is 6.03 Å². The molecule has 0 bridgehead atoms. The van der Waals surface area contributed by atoms with Crippen molar-refractivity contribution in [3.63, 3.8) is 0 Å². The molecule has 4 rings (SSSR count). The van der Waals surface area contributed by atoms with E-state index in [2.05, 4.69) is 10.6 Å². The number of hydrogen-bond donors (Lipinski definition) is 2. The summed E-state index contributed by atoms with van der Waals surface area (Å²) in [4.78, 5) is 28.1. The number of nitrogens with zero attached hydrogens (tertiary/aromatic N) is 2. The van der Waals surface area contributed by atoms with E-state index in [-0.39, 0.29) is 35.1 Å². The van der Waals surface area contributed by atoms with Crippen molar-refractivity contribution in [3.8, 4) is 0 Å². The van der Waals surface area contributed by atoms with Gasteiger partial charge in [-0.1, -0.05) is 24.3 Å². The number of fused-ring (bicyclic) bond motifs is 1. The Bertz CT molecular complexity index is 958. The smallest absolute Gasteiger partial charge is 0.311 e. The highest BCUT2D eigenvalue weighted by Gasteiger charge is 2.50. The van der Waals surface area contributed by atoms with Crippen LogP contribution < -0.4 is 10.6 Å². The van der Waals surface area contributed by atoms with Gasteiger partial charge in [0.2, 0.25) is 5.91 Å². The Morgan fingerprint density at radius 1 is 1.00 bits per heavy atom. The summed E-state index contributed by atoms with van der Waals surface area (Å²) in [5, 5.41) is 6.37. The molecule has 2 aromatic rings. The van der Waals surface area contributed by atoms with Crippen molar-refractivity contribution in [2.75, 3.05) is 14.1 Å². The molecule has 3 amide bonds. The van der Waals surface area contributed by atoms with Crippen LogP contribution in [0.4, 0.5) is 13.6 Å². The maximum atomic E-state index is 13.6. The molecule has 0 aromatic heterocycles. The second-order valence-corrected chi connectivity index (χ2v) is 8.57. The summed E-state index contributed by atoms with van der Waals surface area (Å²) in [7, 11) is 3.12. The number of urea groups is 1. The van der Waals surface area contributed by atoms with Gasteiger partial charge in [-0.2, -0.15) is 0 Å². The first kappa shape index (κ1) is 20.8. The number of amides is 3. The summed E-state index contributed by atoms with van der Waals surface area (Å²) in [6, 6.07) is 12.0. The molecule has 2 fully saturated rings. The molecule has 2 N–H and O–H groups in total. The van der Waals surface area contributed by atoms with Gasteiger partial charge in [-0.3, -0.25) is 20.3 Å². The fraction of sp³-hybridized carbons (Fsp3) is 0.333. The third kappa shape index (κ3) is 3.92. The summed E-state index contributed by atoms with van der Waals surface area (Å²) >= 11 is 1.48. The van der Waals surface area contributed by atoms with Crippen molar-refractivity contribution in [1.29, 1.82) is 0 Å².